The molecule has 0 radical (unpaired) electrons. The van der Waals surface area contributed by atoms with Gasteiger partial charge in [0.05, 0.1) is 12.0 Å². The number of aromatic nitrogens is 2. The van der Waals surface area contributed by atoms with Gasteiger partial charge >= 0.3 is 0 Å². The number of furan rings is 1. The Labute approximate surface area is 95.3 Å². The zero-order chi connectivity index (χ0) is 11.4. The molecule has 1 N–H and O–H groups in total. The van der Waals surface area contributed by atoms with Gasteiger partial charge in [0.25, 0.3) is 0 Å². The fraction of sp³-hybridized carbons (Fsp3) is 0.417. The van der Waals surface area contributed by atoms with Crippen LogP contribution in [0, 0.1) is 0 Å². The van der Waals surface area contributed by atoms with Crippen molar-refractivity contribution < 1.29 is 4.42 Å². The van der Waals surface area contributed by atoms with Gasteiger partial charge < -0.3 is 9.73 Å². The van der Waals surface area contributed by atoms with Crippen LogP contribution in [0.4, 0.5) is 0 Å². The third-order valence-corrected chi connectivity index (χ3v) is 2.46. The molecule has 0 fully saturated rings. The van der Waals surface area contributed by atoms with Gasteiger partial charge in [0.1, 0.15) is 11.8 Å². The van der Waals surface area contributed by atoms with Crippen molar-refractivity contribution in [2.24, 2.45) is 7.05 Å². The monoisotopic (exact) mass is 219 g/mol. The van der Waals surface area contributed by atoms with Crippen molar-refractivity contribution in [3.05, 3.63) is 42.1 Å². The summed E-state index contributed by atoms with van der Waals surface area (Å²) in [5, 5.41) is 7.85. The minimum absolute atomic E-state index is 0.0520. The van der Waals surface area contributed by atoms with Crippen LogP contribution >= 0.6 is 0 Å². The maximum atomic E-state index is 5.44. The van der Waals surface area contributed by atoms with E-state index in [9.17, 15) is 0 Å². The molecular formula is C12H17N3O. The Balaban J connectivity index is 2.21. The van der Waals surface area contributed by atoms with Crippen molar-refractivity contribution in [3.8, 4) is 0 Å². The number of rotatable bonds is 5. The van der Waals surface area contributed by atoms with Crippen molar-refractivity contribution in [2.45, 2.75) is 19.4 Å². The molecule has 2 heterocycles. The lowest BCUT2D eigenvalue weighted by Gasteiger charge is -2.13. The Morgan fingerprint density at radius 2 is 2.38 bits per heavy atom. The first-order chi connectivity index (χ1) is 7.81. The van der Waals surface area contributed by atoms with E-state index < -0.39 is 0 Å². The number of nitrogens with one attached hydrogen (secondary N) is 1. The molecular weight excluding hydrogens is 202 g/mol. The van der Waals surface area contributed by atoms with Crippen molar-refractivity contribution in [1.82, 2.24) is 15.1 Å². The maximum absolute atomic E-state index is 5.44. The summed E-state index contributed by atoms with van der Waals surface area (Å²) in [6.07, 6.45) is 4.72. The highest BCUT2D eigenvalue weighted by Gasteiger charge is 2.18. The fourth-order valence-corrected chi connectivity index (χ4v) is 1.68. The van der Waals surface area contributed by atoms with E-state index in [1.165, 1.54) is 0 Å². The highest BCUT2D eigenvalue weighted by molar-refractivity contribution is 5.18. The van der Waals surface area contributed by atoms with Crippen LogP contribution in [0.5, 0.6) is 0 Å². The lowest BCUT2D eigenvalue weighted by molar-refractivity contribution is 0.439. The summed E-state index contributed by atoms with van der Waals surface area (Å²) >= 11 is 0. The lowest BCUT2D eigenvalue weighted by atomic mass is 10.1. The number of aryl methyl sites for hydroxylation is 1. The average molecular weight is 219 g/mol. The van der Waals surface area contributed by atoms with E-state index in [0.717, 1.165) is 24.4 Å². The summed E-state index contributed by atoms with van der Waals surface area (Å²) in [4.78, 5) is 0. The molecule has 86 valence electrons. The lowest BCUT2D eigenvalue weighted by Crippen LogP contribution is -2.23. The third kappa shape index (κ3) is 2.33. The molecule has 0 saturated heterocycles. The van der Waals surface area contributed by atoms with Gasteiger partial charge in [-0.15, -0.1) is 0 Å². The van der Waals surface area contributed by atoms with E-state index in [4.69, 9.17) is 4.42 Å². The van der Waals surface area contributed by atoms with Crippen molar-refractivity contribution in [2.75, 3.05) is 6.54 Å². The smallest absolute Gasteiger partial charge is 0.126 e. The van der Waals surface area contributed by atoms with Crippen LogP contribution in [0.3, 0.4) is 0 Å². The molecule has 0 aliphatic heterocycles. The molecule has 16 heavy (non-hydrogen) atoms. The van der Waals surface area contributed by atoms with E-state index in [1.54, 1.807) is 10.9 Å². The fourth-order valence-electron chi connectivity index (χ4n) is 1.68. The largest absolute Gasteiger partial charge is 0.467 e. The number of hydrogen-bond acceptors (Lipinski definition) is 3. The minimum atomic E-state index is 0.0520. The first kappa shape index (κ1) is 11.0. The molecule has 0 saturated carbocycles. The van der Waals surface area contributed by atoms with Gasteiger partial charge in [0.15, 0.2) is 0 Å². The van der Waals surface area contributed by atoms with E-state index in [-0.39, 0.29) is 6.04 Å². The van der Waals surface area contributed by atoms with Gasteiger partial charge in [0, 0.05) is 13.2 Å². The molecule has 4 heteroatoms. The van der Waals surface area contributed by atoms with E-state index >= 15 is 0 Å². The topological polar surface area (TPSA) is 43.0 Å². The van der Waals surface area contributed by atoms with E-state index in [0.29, 0.717) is 0 Å². The summed E-state index contributed by atoms with van der Waals surface area (Å²) in [5.74, 6) is 0.909. The summed E-state index contributed by atoms with van der Waals surface area (Å²) in [5.41, 5.74) is 0.992. The van der Waals surface area contributed by atoms with Gasteiger partial charge in [-0.2, -0.15) is 5.10 Å². The summed E-state index contributed by atoms with van der Waals surface area (Å²) in [6.45, 7) is 3.09. The standard InChI is InChI=1S/C12H17N3O/c1-3-7-13-12(11-5-4-9-16-11)10-6-8-15(2)14-10/h4-6,8-9,12-13H,3,7H2,1-2H3. The first-order valence-electron chi connectivity index (χ1n) is 5.57. The summed E-state index contributed by atoms with van der Waals surface area (Å²) < 4.78 is 7.25. The molecule has 2 aromatic rings. The zero-order valence-corrected chi connectivity index (χ0v) is 9.68. The Hall–Kier alpha value is -1.55. The highest BCUT2D eigenvalue weighted by atomic mass is 16.3. The van der Waals surface area contributed by atoms with Gasteiger partial charge in [0.2, 0.25) is 0 Å². The Morgan fingerprint density at radius 1 is 1.50 bits per heavy atom. The number of nitrogens with zero attached hydrogens (tertiary/aromatic N) is 2. The molecule has 0 spiro atoms. The Morgan fingerprint density at radius 3 is 2.94 bits per heavy atom. The Kier molecular flexibility index (Phi) is 3.41. The van der Waals surface area contributed by atoms with Gasteiger partial charge in [-0.05, 0) is 31.2 Å². The molecule has 4 nitrogen and oxygen atoms in total. The first-order valence-corrected chi connectivity index (χ1v) is 5.57. The van der Waals surface area contributed by atoms with Crippen molar-refractivity contribution in [1.29, 1.82) is 0 Å². The van der Waals surface area contributed by atoms with Gasteiger partial charge in [-0.1, -0.05) is 6.92 Å². The molecule has 1 atom stereocenters. The quantitative estimate of drug-likeness (QED) is 0.837. The molecule has 0 amide bonds. The van der Waals surface area contributed by atoms with Crippen LogP contribution in [0.1, 0.15) is 30.8 Å². The van der Waals surface area contributed by atoms with Crippen LogP contribution in [-0.4, -0.2) is 16.3 Å². The van der Waals surface area contributed by atoms with Crippen LogP contribution in [0.15, 0.2) is 35.1 Å². The minimum Gasteiger partial charge on any atom is -0.467 e. The second-order valence-corrected chi connectivity index (χ2v) is 3.82. The zero-order valence-electron chi connectivity index (χ0n) is 9.68. The van der Waals surface area contributed by atoms with Crippen LogP contribution in [0.2, 0.25) is 0 Å². The summed E-state index contributed by atoms with van der Waals surface area (Å²) in [6, 6.07) is 5.94. The molecule has 1 unspecified atom stereocenters. The molecule has 2 aromatic heterocycles. The van der Waals surface area contributed by atoms with Crippen molar-refractivity contribution in [3.63, 3.8) is 0 Å². The molecule has 0 aliphatic rings. The second kappa shape index (κ2) is 4.99. The maximum Gasteiger partial charge on any atom is 0.126 e. The second-order valence-electron chi connectivity index (χ2n) is 3.82. The third-order valence-electron chi connectivity index (χ3n) is 2.46. The molecule has 2 rings (SSSR count). The van der Waals surface area contributed by atoms with Crippen LogP contribution in [-0.2, 0) is 7.05 Å². The summed E-state index contributed by atoms with van der Waals surface area (Å²) in [7, 11) is 1.92. The average Bonchev–Trinajstić information content (AvgIpc) is 2.91. The van der Waals surface area contributed by atoms with Crippen LogP contribution in [0.25, 0.3) is 0 Å². The van der Waals surface area contributed by atoms with Crippen LogP contribution < -0.4 is 5.32 Å². The molecule has 0 aliphatic carbocycles. The highest BCUT2D eigenvalue weighted by Crippen LogP contribution is 2.20. The normalized spacial score (nSPS) is 12.9. The van der Waals surface area contributed by atoms with E-state index in [2.05, 4.69) is 17.3 Å². The molecule has 0 aromatic carbocycles. The van der Waals surface area contributed by atoms with Gasteiger partial charge in [-0.3, -0.25) is 4.68 Å². The SMILES string of the molecule is CCCNC(c1ccn(C)n1)c1ccco1. The number of hydrogen-bond donors (Lipinski definition) is 1. The predicted octanol–water partition coefficient (Wildman–Crippen LogP) is 2.10. The van der Waals surface area contributed by atoms with Crippen molar-refractivity contribution >= 4 is 0 Å². The van der Waals surface area contributed by atoms with E-state index in [1.807, 2.05) is 31.4 Å². The molecule has 0 bridgehead atoms. The predicted molar refractivity (Wildman–Crippen MR) is 62.1 cm³/mol. The Bertz CT molecular complexity index is 419. The van der Waals surface area contributed by atoms with Gasteiger partial charge in [-0.25, -0.2) is 0 Å².